The van der Waals surface area contributed by atoms with Gasteiger partial charge in [0.15, 0.2) is 0 Å². The third-order valence-electron chi connectivity index (χ3n) is 1.94. The smallest absolute Gasteiger partial charge is 0.323 e. The molecule has 0 aromatic heterocycles. The normalized spacial score (nSPS) is 13.8. The topological polar surface area (TPSA) is 58.6 Å². The molecule has 14 heavy (non-hydrogen) atoms. The van der Waals surface area contributed by atoms with Crippen molar-refractivity contribution < 1.29 is 14.6 Å². The predicted molar refractivity (Wildman–Crippen MR) is 55.0 cm³/mol. The third-order valence-corrected chi connectivity index (χ3v) is 1.94. The number of rotatable bonds is 6. The van der Waals surface area contributed by atoms with E-state index in [4.69, 9.17) is 9.84 Å². The van der Waals surface area contributed by atoms with Crippen molar-refractivity contribution in [1.29, 1.82) is 0 Å². The van der Waals surface area contributed by atoms with Gasteiger partial charge in [-0.25, -0.2) is 0 Å². The predicted octanol–water partition coefficient (Wildman–Crippen LogP) is 0.689. The van der Waals surface area contributed by atoms with Crippen LogP contribution in [0.25, 0.3) is 0 Å². The van der Waals surface area contributed by atoms with E-state index in [-0.39, 0.29) is 18.6 Å². The zero-order valence-electron chi connectivity index (χ0n) is 9.46. The number of hydrogen-bond acceptors (Lipinski definition) is 4. The molecule has 84 valence electrons. The summed E-state index contributed by atoms with van der Waals surface area (Å²) in [6.45, 7) is 7.74. The molecule has 0 aromatic rings. The second-order valence-corrected chi connectivity index (χ2v) is 3.90. The Morgan fingerprint density at radius 2 is 2.07 bits per heavy atom. The van der Waals surface area contributed by atoms with Crippen molar-refractivity contribution in [1.82, 2.24) is 5.32 Å². The molecule has 0 aliphatic rings. The fourth-order valence-corrected chi connectivity index (χ4v) is 1.09. The Bertz CT molecular complexity index is 180. The van der Waals surface area contributed by atoms with Gasteiger partial charge in [-0.1, -0.05) is 6.92 Å². The molecular formula is C10H21NO3. The van der Waals surface area contributed by atoms with Crippen LogP contribution in [0.3, 0.4) is 0 Å². The highest BCUT2D eigenvalue weighted by molar-refractivity contribution is 5.75. The lowest BCUT2D eigenvalue weighted by Gasteiger charge is -2.28. The molecule has 0 aliphatic carbocycles. The number of carbonyl (C=O) groups excluding carboxylic acids is 1. The van der Waals surface area contributed by atoms with Gasteiger partial charge < -0.3 is 9.84 Å². The summed E-state index contributed by atoms with van der Waals surface area (Å²) in [5, 5.41) is 12.1. The van der Waals surface area contributed by atoms with Crippen LogP contribution in [0.2, 0.25) is 0 Å². The van der Waals surface area contributed by atoms with Gasteiger partial charge in [0.05, 0.1) is 13.2 Å². The SMILES string of the molecule is CCOC(=O)C(CC)NC(C)(C)CO. The minimum absolute atomic E-state index is 0.0110. The number of hydrogen-bond donors (Lipinski definition) is 2. The Hall–Kier alpha value is -0.610. The van der Waals surface area contributed by atoms with E-state index in [0.717, 1.165) is 0 Å². The first-order valence-corrected chi connectivity index (χ1v) is 5.02. The minimum atomic E-state index is -0.451. The average Bonchev–Trinajstić information content (AvgIpc) is 2.14. The molecule has 1 unspecified atom stereocenters. The number of carbonyl (C=O) groups is 1. The summed E-state index contributed by atoms with van der Waals surface area (Å²) in [6, 6.07) is -0.336. The molecule has 0 aromatic carbocycles. The molecule has 4 heteroatoms. The first-order chi connectivity index (χ1) is 6.46. The van der Waals surface area contributed by atoms with Crippen molar-refractivity contribution >= 4 is 5.97 Å². The monoisotopic (exact) mass is 203 g/mol. The molecule has 1 atom stereocenters. The van der Waals surface area contributed by atoms with Gasteiger partial charge in [-0.3, -0.25) is 10.1 Å². The van der Waals surface area contributed by atoms with E-state index in [1.54, 1.807) is 6.92 Å². The van der Waals surface area contributed by atoms with Crippen LogP contribution in [0, 0.1) is 0 Å². The number of nitrogens with one attached hydrogen (secondary N) is 1. The van der Waals surface area contributed by atoms with E-state index in [1.807, 2.05) is 20.8 Å². The molecule has 0 bridgehead atoms. The molecule has 0 saturated carbocycles. The van der Waals surface area contributed by atoms with Crippen molar-refractivity contribution in [2.45, 2.75) is 45.7 Å². The number of esters is 1. The second kappa shape index (κ2) is 5.98. The Labute approximate surface area is 85.6 Å². The van der Waals surface area contributed by atoms with Crippen molar-refractivity contribution in [2.75, 3.05) is 13.2 Å². The van der Waals surface area contributed by atoms with E-state index < -0.39 is 5.54 Å². The van der Waals surface area contributed by atoms with Gasteiger partial charge in [-0.2, -0.15) is 0 Å². The van der Waals surface area contributed by atoms with Crippen LogP contribution < -0.4 is 5.32 Å². The summed E-state index contributed by atoms with van der Waals surface area (Å²) < 4.78 is 4.90. The van der Waals surface area contributed by atoms with Crippen LogP contribution in [-0.2, 0) is 9.53 Å². The summed E-state index contributed by atoms with van der Waals surface area (Å²) in [5.41, 5.74) is -0.451. The van der Waals surface area contributed by atoms with Gasteiger partial charge in [0.25, 0.3) is 0 Å². The molecule has 0 amide bonds. The van der Waals surface area contributed by atoms with Gasteiger partial charge >= 0.3 is 5.97 Å². The van der Waals surface area contributed by atoms with Crippen LogP contribution in [0.5, 0.6) is 0 Å². The van der Waals surface area contributed by atoms with Gasteiger partial charge in [0.2, 0.25) is 0 Å². The maximum absolute atomic E-state index is 11.4. The molecular weight excluding hydrogens is 182 g/mol. The van der Waals surface area contributed by atoms with Crippen LogP contribution in [0.4, 0.5) is 0 Å². The first kappa shape index (κ1) is 13.4. The zero-order valence-corrected chi connectivity index (χ0v) is 9.46. The maximum atomic E-state index is 11.4. The molecule has 0 rings (SSSR count). The second-order valence-electron chi connectivity index (χ2n) is 3.90. The van der Waals surface area contributed by atoms with E-state index in [2.05, 4.69) is 5.32 Å². The standard InChI is InChI=1S/C10H21NO3/c1-5-8(9(13)14-6-2)11-10(3,4)7-12/h8,11-12H,5-7H2,1-4H3. The van der Waals surface area contributed by atoms with E-state index >= 15 is 0 Å². The Kier molecular flexibility index (Phi) is 5.72. The van der Waals surface area contributed by atoms with E-state index in [9.17, 15) is 4.79 Å². The molecule has 0 heterocycles. The number of ether oxygens (including phenoxy) is 1. The fraction of sp³-hybridized carbons (Fsp3) is 0.900. The van der Waals surface area contributed by atoms with Crippen molar-refractivity contribution in [3.63, 3.8) is 0 Å². The molecule has 2 N–H and O–H groups in total. The van der Waals surface area contributed by atoms with Crippen molar-refractivity contribution in [3.8, 4) is 0 Å². The summed E-state index contributed by atoms with van der Waals surface area (Å²) >= 11 is 0. The molecule has 4 nitrogen and oxygen atoms in total. The highest BCUT2D eigenvalue weighted by Gasteiger charge is 2.25. The van der Waals surface area contributed by atoms with Crippen molar-refractivity contribution in [3.05, 3.63) is 0 Å². The van der Waals surface area contributed by atoms with E-state index in [1.165, 1.54) is 0 Å². The number of aliphatic hydroxyl groups excluding tert-OH is 1. The lowest BCUT2D eigenvalue weighted by atomic mass is 10.0. The summed E-state index contributed by atoms with van der Waals surface area (Å²) in [6.07, 6.45) is 0.655. The fourth-order valence-electron chi connectivity index (χ4n) is 1.09. The molecule has 0 spiro atoms. The quantitative estimate of drug-likeness (QED) is 0.624. The lowest BCUT2D eigenvalue weighted by Crippen LogP contribution is -2.51. The van der Waals surface area contributed by atoms with Crippen LogP contribution in [0.1, 0.15) is 34.1 Å². The highest BCUT2D eigenvalue weighted by Crippen LogP contribution is 2.05. The zero-order chi connectivity index (χ0) is 11.2. The van der Waals surface area contributed by atoms with Crippen LogP contribution >= 0.6 is 0 Å². The van der Waals surface area contributed by atoms with Gasteiger partial charge in [0, 0.05) is 5.54 Å². The largest absolute Gasteiger partial charge is 0.465 e. The van der Waals surface area contributed by atoms with Gasteiger partial charge in [0.1, 0.15) is 6.04 Å². The number of aliphatic hydroxyl groups is 1. The summed E-state index contributed by atoms with van der Waals surface area (Å²) in [7, 11) is 0. The third kappa shape index (κ3) is 4.58. The maximum Gasteiger partial charge on any atom is 0.323 e. The molecule has 0 radical (unpaired) electrons. The molecule has 0 saturated heterocycles. The van der Waals surface area contributed by atoms with Crippen LogP contribution in [-0.4, -0.2) is 35.9 Å². The Morgan fingerprint density at radius 1 is 1.50 bits per heavy atom. The average molecular weight is 203 g/mol. The Morgan fingerprint density at radius 3 is 2.43 bits per heavy atom. The van der Waals surface area contributed by atoms with Gasteiger partial charge in [-0.15, -0.1) is 0 Å². The van der Waals surface area contributed by atoms with E-state index in [0.29, 0.717) is 13.0 Å². The van der Waals surface area contributed by atoms with Crippen LogP contribution in [0.15, 0.2) is 0 Å². The minimum Gasteiger partial charge on any atom is -0.465 e. The first-order valence-electron chi connectivity index (χ1n) is 5.02. The molecule has 0 aliphatic heterocycles. The highest BCUT2D eigenvalue weighted by atomic mass is 16.5. The molecule has 0 fully saturated rings. The summed E-state index contributed by atoms with van der Waals surface area (Å²) in [5.74, 6) is -0.253. The summed E-state index contributed by atoms with van der Waals surface area (Å²) in [4.78, 5) is 11.4. The van der Waals surface area contributed by atoms with Gasteiger partial charge in [-0.05, 0) is 27.2 Å². The lowest BCUT2D eigenvalue weighted by molar-refractivity contribution is -0.146. The van der Waals surface area contributed by atoms with Crippen molar-refractivity contribution in [2.24, 2.45) is 0 Å². The Balaban J connectivity index is 4.21.